The van der Waals surface area contributed by atoms with E-state index in [0.717, 1.165) is 122 Å². The second-order valence-electron chi connectivity index (χ2n) is 26.7. The quantitative estimate of drug-likeness (QED) is 0.0186. The highest BCUT2D eigenvalue weighted by atomic mass is 16.3. The number of carbonyl (C=O) groups excluding carboxylic acids is 3. The first-order valence-electron chi connectivity index (χ1n) is 37.5. The number of nitrogens with zero attached hydrogens (tertiary/aromatic N) is 9. The van der Waals surface area contributed by atoms with Crippen molar-refractivity contribution in [3.8, 4) is 69.0 Å². The summed E-state index contributed by atoms with van der Waals surface area (Å²) in [6, 6.07) is 49.7. The molecule has 0 saturated heterocycles. The molecule has 0 aliphatic carbocycles. The molecule has 10 N–H and O–H groups in total. The van der Waals surface area contributed by atoms with Gasteiger partial charge in [-0.25, -0.2) is 15.0 Å². The number of hydrogen-bond acceptors (Lipinski definition) is 18. The lowest BCUT2D eigenvalue weighted by Gasteiger charge is -2.21. The zero-order valence-electron chi connectivity index (χ0n) is 63.3. The number of Topliss-reactive ketones (excluding diaryl/α,β-unsaturated/α-hetero) is 3. The number of nitrogen functional groups attached to an aromatic ring is 3. The Balaban J connectivity index is 0.000000176. The van der Waals surface area contributed by atoms with Crippen LogP contribution in [0.4, 0.5) is 17.5 Å². The zero-order chi connectivity index (χ0) is 77.9. The lowest BCUT2D eigenvalue weighted by Crippen LogP contribution is -2.32. The summed E-state index contributed by atoms with van der Waals surface area (Å²) >= 11 is 0. The average molecular weight is 1470 g/mol. The molecule has 0 spiro atoms. The SMILES string of the molecule is CCN(CC)CC(O)CCC(=O)c1ccc(C#Cc2c(N)ncc3c(-c4ccn[nH]4)cccc23)cc1.CCN(CC)CC(O)CCC(=O)c1ccc(C#Cc2c(N)ncc3cc(-c4ccncc4)ccc23)cc1.CCN(CC)CC(O)CCC(=O)c1ccc(C#Cc2c(N)ncc3ccc(-c4ccncc4)cc23)cc1. The number of carbonyl (C=O) groups is 3. The molecule has 560 valence electrons. The Bertz CT molecular complexity index is 5270. The molecule has 3 atom stereocenters. The third kappa shape index (κ3) is 22.1. The van der Waals surface area contributed by atoms with Crippen LogP contribution in [0.3, 0.4) is 0 Å². The Morgan fingerprint density at radius 1 is 0.391 bits per heavy atom. The fourth-order valence-electron chi connectivity index (χ4n) is 12.8. The van der Waals surface area contributed by atoms with Crippen molar-refractivity contribution in [1.82, 2.24) is 49.8 Å². The number of fused-ring (bicyclic) bond motifs is 3. The van der Waals surface area contributed by atoms with Crippen molar-refractivity contribution in [2.24, 2.45) is 0 Å². The van der Waals surface area contributed by atoms with Gasteiger partial charge in [-0.2, -0.15) is 5.10 Å². The summed E-state index contributed by atoms with van der Waals surface area (Å²) in [7, 11) is 0. The third-order valence-electron chi connectivity index (χ3n) is 19.4. The first kappa shape index (κ1) is 80.5. The van der Waals surface area contributed by atoms with Crippen molar-refractivity contribution >= 4 is 67.1 Å². The summed E-state index contributed by atoms with van der Waals surface area (Å²) in [5, 5.41) is 43.4. The number of ketones is 3. The van der Waals surface area contributed by atoms with Crippen LogP contribution in [-0.4, -0.2) is 160 Å². The van der Waals surface area contributed by atoms with Crippen molar-refractivity contribution in [3.05, 3.63) is 257 Å². The molecule has 6 aromatic carbocycles. The maximum Gasteiger partial charge on any atom is 0.162 e. The van der Waals surface area contributed by atoms with Crippen molar-refractivity contribution in [3.63, 3.8) is 0 Å². The summed E-state index contributed by atoms with van der Waals surface area (Å²) in [5.74, 6) is 20.2. The van der Waals surface area contributed by atoms with E-state index in [1.54, 1.807) is 86.0 Å². The van der Waals surface area contributed by atoms with Crippen molar-refractivity contribution in [2.45, 2.75) is 98.4 Å². The Morgan fingerprint density at radius 2 is 0.782 bits per heavy atom. The minimum Gasteiger partial charge on any atom is -0.392 e. The summed E-state index contributed by atoms with van der Waals surface area (Å²) in [6.07, 6.45) is 14.8. The van der Waals surface area contributed by atoms with E-state index in [9.17, 15) is 29.7 Å². The number of likely N-dealkylation sites (N-methyl/N-ethyl adjacent to an activating group) is 3. The number of aromatic nitrogens is 7. The number of rotatable bonds is 27. The zero-order valence-corrected chi connectivity index (χ0v) is 63.3. The van der Waals surface area contributed by atoms with E-state index in [1.165, 1.54) is 0 Å². The van der Waals surface area contributed by atoms with E-state index in [2.05, 4.69) is 139 Å². The Labute approximate surface area is 644 Å². The van der Waals surface area contributed by atoms with Gasteiger partial charge in [-0.3, -0.25) is 29.5 Å². The van der Waals surface area contributed by atoms with Gasteiger partial charge in [0.25, 0.3) is 0 Å². The number of pyridine rings is 5. The molecule has 0 aliphatic heterocycles. The molecule has 0 amide bonds. The summed E-state index contributed by atoms with van der Waals surface area (Å²) in [5.41, 5.74) is 30.9. The number of aromatic amines is 1. The topological polar surface area (TPSA) is 293 Å². The number of anilines is 3. The maximum absolute atomic E-state index is 12.6. The van der Waals surface area contributed by atoms with Crippen LogP contribution in [0.25, 0.3) is 65.8 Å². The summed E-state index contributed by atoms with van der Waals surface area (Å²) in [4.78, 5) is 65.5. The molecule has 12 rings (SSSR count). The average Bonchev–Trinajstić information content (AvgIpc) is 0.990. The first-order chi connectivity index (χ1) is 53.5. The summed E-state index contributed by atoms with van der Waals surface area (Å²) in [6.45, 7) is 19.5. The van der Waals surface area contributed by atoms with Gasteiger partial charge in [0.1, 0.15) is 17.5 Å². The second kappa shape index (κ2) is 40.2. The monoisotopic (exact) mass is 1470 g/mol. The first-order valence-corrected chi connectivity index (χ1v) is 37.5. The molecule has 0 fully saturated rings. The molecule has 6 heterocycles. The Morgan fingerprint density at radius 3 is 1.20 bits per heavy atom. The van der Waals surface area contributed by atoms with Gasteiger partial charge < -0.3 is 47.2 Å². The molecule has 0 bridgehead atoms. The minimum absolute atomic E-state index is 0.0157. The highest BCUT2D eigenvalue weighted by Gasteiger charge is 2.18. The standard InChI is InChI=1S/2C31H32N4O2.C29H31N5O2/c1-3-35(4-2)21-27(36)11-14-30(37)24-8-5-22(6-9-24)7-12-29-28-13-10-25(23-15-17-33-18-16-23)19-26(28)20-34-31(29)32;1-3-35(4-2)21-27(36)12-14-30(37)24-8-5-22(6-9-24)7-13-28-29-19-25(23-15-17-33-18-16-23)10-11-26(29)20-34-31(28)32;1-3-34(4-2)19-22(35)13-15-28(36)21-11-8-20(9-12-21)10-14-25-23-6-5-7-24(27-16-17-32-33-27)26(23)18-31-29(25)30/h5-6,8-10,13,15-20,27,36H,3-4,11,14,21H2,1-2H3,(H2,32,34);5-6,8-11,15-20,27,36H,3-4,12,14,21H2,1-2H3,(H2,32,34);5-9,11-12,16-18,22,35H,3-4,13,15,19H2,1-2H3,(H2,30,31)(H,32,33). The number of nitrogens with two attached hydrogens (primary N) is 3. The predicted octanol–water partition coefficient (Wildman–Crippen LogP) is 14.2. The number of nitrogens with one attached hydrogen (secondary N) is 1. The minimum atomic E-state index is -0.507. The number of hydrogen-bond donors (Lipinski definition) is 7. The van der Waals surface area contributed by atoms with Crippen LogP contribution in [0.5, 0.6) is 0 Å². The molecule has 110 heavy (non-hydrogen) atoms. The lowest BCUT2D eigenvalue weighted by atomic mass is 10.00. The smallest absolute Gasteiger partial charge is 0.162 e. The van der Waals surface area contributed by atoms with Gasteiger partial charge in [0.15, 0.2) is 17.3 Å². The molecule has 0 radical (unpaired) electrons. The van der Waals surface area contributed by atoms with Crippen molar-refractivity contribution in [1.29, 1.82) is 0 Å². The van der Waals surface area contributed by atoms with Gasteiger partial charge in [0.05, 0.1) is 40.7 Å². The lowest BCUT2D eigenvalue weighted by molar-refractivity contribution is 0.0874. The number of aliphatic hydroxyl groups is 3. The molecular weight excluding hydrogens is 1370 g/mol. The van der Waals surface area contributed by atoms with Crippen molar-refractivity contribution < 1.29 is 29.7 Å². The van der Waals surface area contributed by atoms with Gasteiger partial charge in [-0.1, -0.05) is 156 Å². The third-order valence-corrected chi connectivity index (χ3v) is 19.4. The van der Waals surface area contributed by atoms with Gasteiger partial charge >= 0.3 is 0 Å². The van der Waals surface area contributed by atoms with E-state index >= 15 is 0 Å². The molecular formula is C91H95N13O6. The second-order valence-corrected chi connectivity index (χ2v) is 26.7. The van der Waals surface area contributed by atoms with Crippen LogP contribution in [0.15, 0.2) is 207 Å². The molecule has 6 aromatic heterocycles. The molecule has 0 saturated carbocycles. The molecule has 3 unspecified atom stereocenters. The highest BCUT2D eigenvalue weighted by Crippen LogP contribution is 2.33. The summed E-state index contributed by atoms with van der Waals surface area (Å²) < 4.78 is 0. The number of benzene rings is 6. The fourth-order valence-corrected chi connectivity index (χ4v) is 12.8. The van der Waals surface area contributed by atoms with E-state index in [-0.39, 0.29) is 17.3 Å². The highest BCUT2D eigenvalue weighted by molar-refractivity contribution is 6.01. The Hall–Kier alpha value is -12.1. The van der Waals surface area contributed by atoms with Crippen LogP contribution in [0.1, 0.15) is 145 Å². The van der Waals surface area contributed by atoms with Crippen molar-refractivity contribution in [2.75, 3.05) is 76.1 Å². The van der Waals surface area contributed by atoms with Gasteiger partial charge in [-0.05, 0) is 160 Å². The maximum atomic E-state index is 12.6. The fraction of sp³-hybridized carbons (Fsp3) is 0.264. The van der Waals surface area contributed by atoms with Crippen LogP contribution >= 0.6 is 0 Å². The van der Waals surface area contributed by atoms with E-state index in [1.807, 2.05) is 109 Å². The van der Waals surface area contributed by atoms with Gasteiger partial charge in [0, 0.05) is 160 Å². The Kier molecular flexibility index (Phi) is 29.4. The van der Waals surface area contributed by atoms with Crippen LogP contribution in [-0.2, 0) is 0 Å². The van der Waals surface area contributed by atoms with Crippen LogP contribution < -0.4 is 17.2 Å². The largest absolute Gasteiger partial charge is 0.392 e. The molecule has 0 aliphatic rings. The molecule has 19 nitrogen and oxygen atoms in total. The predicted molar refractivity (Wildman–Crippen MR) is 442 cm³/mol. The van der Waals surface area contributed by atoms with E-state index in [4.69, 9.17) is 17.2 Å². The van der Waals surface area contributed by atoms with Gasteiger partial charge in [-0.15, -0.1) is 0 Å². The van der Waals surface area contributed by atoms with Crippen LogP contribution in [0.2, 0.25) is 0 Å². The van der Waals surface area contributed by atoms with E-state index < -0.39 is 18.3 Å². The normalized spacial score (nSPS) is 11.8. The van der Waals surface area contributed by atoms with E-state index in [0.29, 0.717) is 109 Å². The molecule has 12 aromatic rings. The number of H-pyrrole nitrogens is 1. The molecule has 19 heteroatoms. The van der Waals surface area contributed by atoms with Gasteiger partial charge in [0.2, 0.25) is 0 Å². The number of aliphatic hydroxyl groups excluding tert-OH is 3. The van der Waals surface area contributed by atoms with Crippen LogP contribution in [0, 0.1) is 35.5 Å².